The SMILES string of the molecule is NC1=CC(N)(Cl)C=C(C(=O)O)C1. The Kier molecular flexibility index (Phi) is 2.12. The number of alkyl halides is 1. The van der Waals surface area contributed by atoms with Gasteiger partial charge in [0.25, 0.3) is 0 Å². The second-order valence-electron chi connectivity index (χ2n) is 2.70. The summed E-state index contributed by atoms with van der Waals surface area (Å²) in [5, 5.41) is 8.62. The molecule has 0 bridgehead atoms. The third-order valence-corrected chi connectivity index (χ3v) is 1.69. The first kappa shape index (κ1) is 9.09. The Hall–Kier alpha value is -1.00. The minimum absolute atomic E-state index is 0.132. The molecule has 0 fully saturated rings. The van der Waals surface area contributed by atoms with E-state index in [0.29, 0.717) is 5.70 Å². The van der Waals surface area contributed by atoms with Gasteiger partial charge in [0.2, 0.25) is 0 Å². The topological polar surface area (TPSA) is 89.3 Å². The average Bonchev–Trinajstić information content (AvgIpc) is 1.82. The lowest BCUT2D eigenvalue weighted by Crippen LogP contribution is -2.33. The van der Waals surface area contributed by atoms with E-state index in [-0.39, 0.29) is 12.0 Å². The van der Waals surface area contributed by atoms with Crippen molar-refractivity contribution in [3.8, 4) is 0 Å². The molecule has 0 spiro atoms. The van der Waals surface area contributed by atoms with Gasteiger partial charge in [-0.05, 0) is 12.2 Å². The largest absolute Gasteiger partial charge is 0.478 e. The van der Waals surface area contributed by atoms with E-state index in [0.717, 1.165) is 0 Å². The highest BCUT2D eigenvalue weighted by Gasteiger charge is 2.24. The summed E-state index contributed by atoms with van der Waals surface area (Å²) in [7, 11) is 0. The molecule has 0 radical (unpaired) electrons. The van der Waals surface area contributed by atoms with Crippen molar-refractivity contribution in [2.75, 3.05) is 0 Å². The van der Waals surface area contributed by atoms with Crippen LogP contribution in [0.4, 0.5) is 0 Å². The van der Waals surface area contributed by atoms with E-state index in [1.165, 1.54) is 12.2 Å². The van der Waals surface area contributed by atoms with E-state index >= 15 is 0 Å². The lowest BCUT2D eigenvalue weighted by molar-refractivity contribution is -0.132. The van der Waals surface area contributed by atoms with Crippen LogP contribution in [0.2, 0.25) is 0 Å². The molecule has 0 aliphatic heterocycles. The molecular formula is C7H9ClN2O2. The van der Waals surface area contributed by atoms with Gasteiger partial charge in [0.1, 0.15) is 5.00 Å². The zero-order valence-corrected chi connectivity index (χ0v) is 7.01. The van der Waals surface area contributed by atoms with E-state index in [2.05, 4.69) is 0 Å². The Morgan fingerprint density at radius 1 is 1.67 bits per heavy atom. The minimum atomic E-state index is -1.25. The molecule has 1 unspecified atom stereocenters. The number of carboxylic acid groups (broad SMARTS) is 1. The molecule has 0 saturated carbocycles. The van der Waals surface area contributed by atoms with Crippen LogP contribution in [0.1, 0.15) is 6.42 Å². The zero-order chi connectivity index (χ0) is 9.35. The fourth-order valence-electron chi connectivity index (χ4n) is 1.05. The van der Waals surface area contributed by atoms with Crippen molar-refractivity contribution in [2.24, 2.45) is 11.5 Å². The van der Waals surface area contributed by atoms with Gasteiger partial charge in [-0.15, -0.1) is 0 Å². The Balaban J connectivity index is 2.96. The molecule has 0 amide bonds. The van der Waals surface area contributed by atoms with Gasteiger partial charge in [-0.25, -0.2) is 4.79 Å². The quantitative estimate of drug-likeness (QED) is 0.403. The normalized spacial score (nSPS) is 29.2. The predicted molar refractivity (Wildman–Crippen MR) is 45.4 cm³/mol. The second kappa shape index (κ2) is 2.80. The Bertz CT molecular complexity index is 281. The zero-order valence-electron chi connectivity index (χ0n) is 6.25. The van der Waals surface area contributed by atoms with E-state index in [1.807, 2.05) is 0 Å². The van der Waals surface area contributed by atoms with Crippen molar-refractivity contribution in [1.82, 2.24) is 0 Å². The number of halogens is 1. The highest BCUT2D eigenvalue weighted by molar-refractivity contribution is 6.26. The molecule has 1 atom stereocenters. The van der Waals surface area contributed by atoms with Crippen LogP contribution >= 0.6 is 11.6 Å². The Morgan fingerprint density at radius 2 is 2.25 bits per heavy atom. The molecule has 0 heterocycles. The van der Waals surface area contributed by atoms with Crippen LogP contribution in [0.5, 0.6) is 0 Å². The van der Waals surface area contributed by atoms with E-state index < -0.39 is 11.0 Å². The number of rotatable bonds is 1. The number of carboxylic acids is 1. The first-order chi connectivity index (χ1) is 5.41. The van der Waals surface area contributed by atoms with Gasteiger partial charge in [-0.2, -0.15) is 0 Å². The first-order valence-corrected chi connectivity index (χ1v) is 3.68. The molecule has 5 N–H and O–H groups in total. The third-order valence-electron chi connectivity index (χ3n) is 1.47. The summed E-state index contributed by atoms with van der Waals surface area (Å²) in [6, 6.07) is 0. The standard InChI is InChI=1S/C7H9ClN2O2/c8-7(10)2-4(6(11)12)1-5(9)3-7/h2-3H,1,9-10H2,(H,11,12). The van der Waals surface area contributed by atoms with Crippen molar-refractivity contribution in [3.05, 3.63) is 23.4 Å². The summed E-state index contributed by atoms with van der Waals surface area (Å²) in [5.74, 6) is -1.04. The maximum atomic E-state index is 10.5. The van der Waals surface area contributed by atoms with Crippen LogP contribution in [0.25, 0.3) is 0 Å². The van der Waals surface area contributed by atoms with Gasteiger partial charge < -0.3 is 16.6 Å². The molecule has 0 saturated heterocycles. The number of allylic oxidation sites excluding steroid dienone is 1. The summed E-state index contributed by atoms with van der Waals surface area (Å²) in [6.45, 7) is 0. The fourth-order valence-corrected chi connectivity index (χ4v) is 1.32. The summed E-state index contributed by atoms with van der Waals surface area (Å²) in [5.41, 5.74) is 11.4. The molecule has 0 aromatic heterocycles. The monoisotopic (exact) mass is 188 g/mol. The number of nitrogens with two attached hydrogens (primary N) is 2. The first-order valence-electron chi connectivity index (χ1n) is 3.31. The van der Waals surface area contributed by atoms with Crippen LogP contribution in [0.3, 0.4) is 0 Å². The second-order valence-corrected chi connectivity index (χ2v) is 3.35. The van der Waals surface area contributed by atoms with Crippen molar-refractivity contribution in [2.45, 2.75) is 11.4 Å². The lowest BCUT2D eigenvalue weighted by Gasteiger charge is -2.20. The molecule has 12 heavy (non-hydrogen) atoms. The van der Waals surface area contributed by atoms with Crippen LogP contribution in [-0.4, -0.2) is 16.1 Å². The summed E-state index contributed by atoms with van der Waals surface area (Å²) in [4.78, 5) is 9.27. The van der Waals surface area contributed by atoms with Crippen molar-refractivity contribution >= 4 is 17.6 Å². The van der Waals surface area contributed by atoms with Gasteiger partial charge in [0.15, 0.2) is 0 Å². The number of carbonyl (C=O) groups is 1. The van der Waals surface area contributed by atoms with Gasteiger partial charge in [-0.3, -0.25) is 0 Å². The molecule has 5 heteroatoms. The molecule has 1 rings (SSSR count). The predicted octanol–water partition coefficient (Wildman–Crippen LogP) is 0.137. The van der Waals surface area contributed by atoms with Crippen LogP contribution in [0, 0.1) is 0 Å². The van der Waals surface area contributed by atoms with Crippen LogP contribution < -0.4 is 11.5 Å². The highest BCUT2D eigenvalue weighted by atomic mass is 35.5. The Labute approximate surface area is 74.5 Å². The minimum Gasteiger partial charge on any atom is -0.478 e. The van der Waals surface area contributed by atoms with Crippen molar-refractivity contribution in [1.29, 1.82) is 0 Å². The maximum absolute atomic E-state index is 10.5. The third kappa shape index (κ3) is 1.99. The Morgan fingerprint density at radius 3 is 2.67 bits per heavy atom. The van der Waals surface area contributed by atoms with E-state index in [4.69, 9.17) is 28.2 Å². The summed E-state index contributed by atoms with van der Waals surface area (Å²) >= 11 is 5.69. The van der Waals surface area contributed by atoms with Crippen molar-refractivity contribution in [3.63, 3.8) is 0 Å². The van der Waals surface area contributed by atoms with Crippen LogP contribution in [-0.2, 0) is 4.79 Å². The highest BCUT2D eigenvalue weighted by Crippen LogP contribution is 2.24. The van der Waals surface area contributed by atoms with Gasteiger partial charge >= 0.3 is 5.97 Å². The van der Waals surface area contributed by atoms with Crippen molar-refractivity contribution < 1.29 is 9.90 Å². The van der Waals surface area contributed by atoms with E-state index in [1.54, 1.807) is 0 Å². The fraction of sp³-hybridized carbons (Fsp3) is 0.286. The van der Waals surface area contributed by atoms with Gasteiger partial charge in [-0.1, -0.05) is 11.6 Å². The summed E-state index contributed by atoms with van der Waals surface area (Å²) < 4.78 is 0. The number of hydrogen-bond acceptors (Lipinski definition) is 3. The number of hydrogen-bond donors (Lipinski definition) is 3. The smallest absolute Gasteiger partial charge is 0.331 e. The molecule has 0 aromatic rings. The van der Waals surface area contributed by atoms with Crippen LogP contribution in [0.15, 0.2) is 23.4 Å². The van der Waals surface area contributed by atoms with Gasteiger partial charge in [0, 0.05) is 17.7 Å². The lowest BCUT2D eigenvalue weighted by atomic mass is 10.0. The molecule has 1 aliphatic rings. The molecular weight excluding hydrogens is 180 g/mol. The average molecular weight is 189 g/mol. The molecule has 66 valence electrons. The maximum Gasteiger partial charge on any atom is 0.331 e. The molecule has 0 aromatic carbocycles. The number of aliphatic carboxylic acids is 1. The van der Waals surface area contributed by atoms with Gasteiger partial charge in [0.05, 0.1) is 0 Å². The van der Waals surface area contributed by atoms with E-state index in [9.17, 15) is 4.79 Å². The molecule has 4 nitrogen and oxygen atoms in total. The molecule has 1 aliphatic carbocycles. The summed E-state index contributed by atoms with van der Waals surface area (Å²) in [6.07, 6.45) is 2.91.